The second-order valence-electron chi connectivity index (χ2n) is 4.44. The van der Waals surface area contributed by atoms with Crippen molar-refractivity contribution >= 4 is 11.6 Å². The van der Waals surface area contributed by atoms with Crippen molar-refractivity contribution in [3.05, 3.63) is 71.0 Å². The summed E-state index contributed by atoms with van der Waals surface area (Å²) in [7, 11) is 0. The van der Waals surface area contributed by atoms with Crippen molar-refractivity contribution in [3.63, 3.8) is 0 Å². The van der Waals surface area contributed by atoms with Crippen molar-refractivity contribution in [1.29, 1.82) is 0 Å². The largest absolute Gasteiger partial charge is 0.207 e. The van der Waals surface area contributed by atoms with Crippen molar-refractivity contribution < 1.29 is 4.39 Å². The second-order valence-corrected chi connectivity index (χ2v) is 4.96. The molecule has 0 amide bonds. The average molecular weight is 247 g/mol. The Morgan fingerprint density at radius 3 is 2.29 bits per heavy atom. The number of rotatable bonds is 1. The van der Waals surface area contributed by atoms with Crippen LogP contribution in [0.2, 0.25) is 0 Å². The van der Waals surface area contributed by atoms with E-state index >= 15 is 0 Å². The third kappa shape index (κ3) is 1.85. The lowest BCUT2D eigenvalue weighted by Crippen LogP contribution is -1.95. The molecule has 0 aromatic heterocycles. The summed E-state index contributed by atoms with van der Waals surface area (Å²) in [6, 6.07) is 15.0. The van der Waals surface area contributed by atoms with Crippen molar-refractivity contribution in [1.82, 2.24) is 0 Å². The molecule has 0 fully saturated rings. The van der Waals surface area contributed by atoms with Crippen LogP contribution in [0.5, 0.6) is 0 Å². The molecule has 0 nitrogen and oxygen atoms in total. The highest BCUT2D eigenvalue weighted by Crippen LogP contribution is 2.46. The Morgan fingerprint density at radius 1 is 0.941 bits per heavy atom. The summed E-state index contributed by atoms with van der Waals surface area (Å²) in [5, 5.41) is 0.0706. The highest BCUT2D eigenvalue weighted by Gasteiger charge is 2.30. The Morgan fingerprint density at radius 2 is 1.59 bits per heavy atom. The van der Waals surface area contributed by atoms with Crippen LogP contribution < -0.4 is 0 Å². The zero-order valence-corrected chi connectivity index (χ0v) is 9.99. The first-order valence-electron chi connectivity index (χ1n) is 5.74. The highest BCUT2D eigenvalue weighted by molar-refractivity contribution is 6.21. The molecule has 3 rings (SSSR count). The van der Waals surface area contributed by atoms with E-state index < -0.39 is 0 Å². The summed E-state index contributed by atoms with van der Waals surface area (Å²) < 4.78 is 12.9. The van der Waals surface area contributed by atoms with Gasteiger partial charge in [0.2, 0.25) is 0 Å². The van der Waals surface area contributed by atoms with Crippen LogP contribution in [-0.4, -0.2) is 0 Å². The predicted molar refractivity (Wildman–Crippen MR) is 67.9 cm³/mol. The van der Waals surface area contributed by atoms with Gasteiger partial charge in [0.1, 0.15) is 5.82 Å². The van der Waals surface area contributed by atoms with Gasteiger partial charge in [0.05, 0.1) is 5.38 Å². The molecule has 2 atom stereocenters. The van der Waals surface area contributed by atoms with E-state index in [4.69, 9.17) is 11.6 Å². The minimum Gasteiger partial charge on any atom is -0.207 e. The highest BCUT2D eigenvalue weighted by atomic mass is 35.5. The van der Waals surface area contributed by atoms with Crippen LogP contribution >= 0.6 is 11.6 Å². The molecular formula is C15H12ClF. The van der Waals surface area contributed by atoms with Crippen molar-refractivity contribution in [2.75, 3.05) is 0 Å². The van der Waals surface area contributed by atoms with Gasteiger partial charge in [0.25, 0.3) is 0 Å². The van der Waals surface area contributed by atoms with E-state index in [1.54, 1.807) is 0 Å². The molecule has 1 aliphatic carbocycles. The number of fused-ring (bicyclic) bond motifs is 1. The fraction of sp³-hybridized carbons (Fsp3) is 0.200. The monoisotopic (exact) mass is 246 g/mol. The Labute approximate surface area is 105 Å². The summed E-state index contributed by atoms with van der Waals surface area (Å²) in [6.45, 7) is 0. The number of hydrogen-bond acceptors (Lipinski definition) is 0. The molecule has 2 aromatic carbocycles. The Kier molecular flexibility index (Phi) is 2.64. The van der Waals surface area contributed by atoms with Gasteiger partial charge in [-0.25, -0.2) is 4.39 Å². The standard InChI is InChI=1S/C15H12ClF/c16-15-9-14(10-5-7-11(17)8-6-10)12-3-1-2-4-13(12)15/h1-8,14-15H,9H2. The molecular weight excluding hydrogens is 235 g/mol. The van der Waals surface area contributed by atoms with Crippen LogP contribution in [0, 0.1) is 5.82 Å². The van der Waals surface area contributed by atoms with Crippen LogP contribution in [-0.2, 0) is 0 Å². The fourth-order valence-electron chi connectivity index (χ4n) is 2.59. The zero-order valence-electron chi connectivity index (χ0n) is 9.24. The lowest BCUT2D eigenvalue weighted by atomic mass is 9.93. The van der Waals surface area contributed by atoms with Gasteiger partial charge >= 0.3 is 0 Å². The maximum atomic E-state index is 12.9. The van der Waals surface area contributed by atoms with Gasteiger partial charge in [-0.05, 0) is 35.2 Å². The maximum Gasteiger partial charge on any atom is 0.123 e. The van der Waals surface area contributed by atoms with Gasteiger partial charge < -0.3 is 0 Å². The van der Waals surface area contributed by atoms with Gasteiger partial charge in [0, 0.05) is 5.92 Å². The lowest BCUT2D eigenvalue weighted by Gasteiger charge is -2.11. The number of hydrogen-bond donors (Lipinski definition) is 0. The van der Waals surface area contributed by atoms with Gasteiger partial charge in [-0.2, -0.15) is 0 Å². The molecule has 0 spiro atoms. The van der Waals surface area contributed by atoms with Crippen LogP contribution in [0.3, 0.4) is 0 Å². The van der Waals surface area contributed by atoms with Gasteiger partial charge in [-0.3, -0.25) is 0 Å². The molecule has 0 heterocycles. The topological polar surface area (TPSA) is 0 Å². The van der Waals surface area contributed by atoms with E-state index in [2.05, 4.69) is 12.1 Å². The molecule has 1 aliphatic rings. The first-order valence-corrected chi connectivity index (χ1v) is 6.17. The molecule has 2 aromatic rings. The Hall–Kier alpha value is -1.34. The molecule has 2 unspecified atom stereocenters. The first-order chi connectivity index (χ1) is 8.25. The SMILES string of the molecule is Fc1ccc(C2CC(Cl)c3ccccc32)cc1. The molecule has 0 aliphatic heterocycles. The minimum absolute atomic E-state index is 0.0706. The average Bonchev–Trinajstić information content (AvgIpc) is 2.69. The van der Waals surface area contributed by atoms with E-state index in [0.717, 1.165) is 12.0 Å². The zero-order chi connectivity index (χ0) is 11.8. The molecule has 0 saturated heterocycles. The number of halogens is 2. The smallest absolute Gasteiger partial charge is 0.123 e. The summed E-state index contributed by atoms with van der Waals surface area (Å²) in [5.41, 5.74) is 3.63. The predicted octanol–water partition coefficient (Wildman–Crippen LogP) is 4.64. The molecule has 0 N–H and O–H groups in total. The molecule has 17 heavy (non-hydrogen) atoms. The van der Waals surface area contributed by atoms with Crippen molar-refractivity contribution in [3.8, 4) is 0 Å². The molecule has 0 radical (unpaired) electrons. The molecule has 0 bridgehead atoms. The summed E-state index contributed by atoms with van der Waals surface area (Å²) in [5.74, 6) is 0.108. The Balaban J connectivity index is 2.04. The molecule has 0 saturated carbocycles. The fourth-order valence-corrected chi connectivity index (χ4v) is 2.96. The third-order valence-electron chi connectivity index (χ3n) is 3.42. The van der Waals surface area contributed by atoms with Crippen LogP contribution in [0.25, 0.3) is 0 Å². The van der Waals surface area contributed by atoms with Crippen molar-refractivity contribution in [2.24, 2.45) is 0 Å². The molecule has 2 heteroatoms. The van der Waals surface area contributed by atoms with Gasteiger partial charge in [-0.1, -0.05) is 36.4 Å². The summed E-state index contributed by atoms with van der Waals surface area (Å²) in [6.07, 6.45) is 0.895. The van der Waals surface area contributed by atoms with E-state index in [1.165, 1.54) is 23.3 Å². The summed E-state index contributed by atoms with van der Waals surface area (Å²) in [4.78, 5) is 0. The molecule has 86 valence electrons. The lowest BCUT2D eigenvalue weighted by molar-refractivity contribution is 0.626. The van der Waals surface area contributed by atoms with Gasteiger partial charge in [-0.15, -0.1) is 11.6 Å². The third-order valence-corrected chi connectivity index (χ3v) is 3.84. The summed E-state index contributed by atoms with van der Waals surface area (Å²) >= 11 is 6.34. The first kappa shape index (κ1) is 10.8. The maximum absolute atomic E-state index is 12.9. The van der Waals surface area contributed by atoms with E-state index in [9.17, 15) is 4.39 Å². The van der Waals surface area contributed by atoms with Crippen LogP contribution in [0.4, 0.5) is 4.39 Å². The number of alkyl halides is 1. The number of benzene rings is 2. The second kappa shape index (κ2) is 4.15. The Bertz CT molecular complexity index is 533. The van der Waals surface area contributed by atoms with Crippen LogP contribution in [0.15, 0.2) is 48.5 Å². The van der Waals surface area contributed by atoms with Gasteiger partial charge in [0.15, 0.2) is 0 Å². The van der Waals surface area contributed by atoms with E-state index in [0.29, 0.717) is 5.92 Å². The van der Waals surface area contributed by atoms with E-state index in [-0.39, 0.29) is 11.2 Å². The normalized spacial score (nSPS) is 22.5. The van der Waals surface area contributed by atoms with Crippen molar-refractivity contribution in [2.45, 2.75) is 17.7 Å². The van der Waals surface area contributed by atoms with Crippen LogP contribution in [0.1, 0.15) is 34.4 Å². The quantitative estimate of drug-likeness (QED) is 0.643. The minimum atomic E-state index is -0.192. The van der Waals surface area contributed by atoms with E-state index in [1.807, 2.05) is 24.3 Å².